The summed E-state index contributed by atoms with van der Waals surface area (Å²) < 4.78 is 5.59. The smallest absolute Gasteiger partial charge is 0.224 e. The topological polar surface area (TPSA) is 80.7 Å². The monoisotopic (exact) mass is 237 g/mol. The summed E-state index contributed by atoms with van der Waals surface area (Å²) in [5.74, 6) is 0.879. The van der Waals surface area contributed by atoms with E-state index in [4.69, 9.17) is 15.7 Å². The van der Waals surface area contributed by atoms with Crippen LogP contribution < -0.4 is 10.5 Å². The largest absolute Gasteiger partial charge is 0.477 e. The molecule has 1 heterocycles. The second kappa shape index (κ2) is 6.73. The molecular formula is C12H19N3O2. The fourth-order valence-electron chi connectivity index (χ4n) is 1.55. The van der Waals surface area contributed by atoms with Gasteiger partial charge < -0.3 is 15.7 Å². The van der Waals surface area contributed by atoms with E-state index >= 15 is 0 Å². The molecule has 5 nitrogen and oxygen atoms in total. The maximum atomic E-state index is 8.65. The molecule has 0 bridgehead atoms. The number of aromatic nitrogens is 1. The lowest BCUT2D eigenvalue weighted by Gasteiger charge is -2.13. The highest BCUT2D eigenvalue weighted by Gasteiger charge is 2.10. The molecule has 0 radical (unpaired) electrons. The Kier molecular flexibility index (Phi) is 5.26. The number of ether oxygens (including phenoxy) is 1. The van der Waals surface area contributed by atoms with Gasteiger partial charge in [0, 0.05) is 6.20 Å². The third-order valence-electron chi connectivity index (χ3n) is 2.44. The van der Waals surface area contributed by atoms with Crippen molar-refractivity contribution in [2.75, 3.05) is 6.61 Å². The second-order valence-corrected chi connectivity index (χ2v) is 4.05. The van der Waals surface area contributed by atoms with Crippen LogP contribution in [0.25, 0.3) is 0 Å². The van der Waals surface area contributed by atoms with Gasteiger partial charge in [0.2, 0.25) is 5.88 Å². The quantitative estimate of drug-likeness (QED) is 0.343. The minimum Gasteiger partial charge on any atom is -0.477 e. The average molecular weight is 237 g/mol. The molecule has 1 aromatic rings. The van der Waals surface area contributed by atoms with Gasteiger partial charge in [0.15, 0.2) is 5.84 Å². The Bertz CT molecular complexity index is 380. The molecule has 0 aliphatic rings. The molecule has 0 fully saturated rings. The zero-order chi connectivity index (χ0) is 12.7. The number of hydrogen-bond acceptors (Lipinski definition) is 4. The Hall–Kier alpha value is -1.78. The van der Waals surface area contributed by atoms with Gasteiger partial charge >= 0.3 is 0 Å². The molecule has 5 heteroatoms. The molecule has 0 aliphatic carbocycles. The Morgan fingerprint density at radius 2 is 2.41 bits per heavy atom. The molecule has 1 unspecified atom stereocenters. The summed E-state index contributed by atoms with van der Waals surface area (Å²) in [6, 6.07) is 3.43. The van der Waals surface area contributed by atoms with Gasteiger partial charge in [0.25, 0.3) is 0 Å². The Morgan fingerprint density at radius 3 is 3.06 bits per heavy atom. The van der Waals surface area contributed by atoms with Crippen molar-refractivity contribution in [3.05, 3.63) is 23.9 Å². The van der Waals surface area contributed by atoms with Crippen LogP contribution in [0.1, 0.15) is 32.3 Å². The van der Waals surface area contributed by atoms with E-state index in [-0.39, 0.29) is 5.84 Å². The molecule has 0 amide bonds. The van der Waals surface area contributed by atoms with E-state index in [1.165, 1.54) is 0 Å². The van der Waals surface area contributed by atoms with Crippen LogP contribution in [-0.2, 0) is 0 Å². The van der Waals surface area contributed by atoms with Crippen LogP contribution in [0.4, 0.5) is 0 Å². The Labute approximate surface area is 101 Å². The number of nitrogens with two attached hydrogens (primary N) is 1. The lowest BCUT2D eigenvalue weighted by atomic mass is 10.1. The molecule has 94 valence electrons. The van der Waals surface area contributed by atoms with Gasteiger partial charge in [-0.25, -0.2) is 4.98 Å². The van der Waals surface area contributed by atoms with Crippen molar-refractivity contribution in [1.29, 1.82) is 0 Å². The van der Waals surface area contributed by atoms with E-state index in [1.54, 1.807) is 18.3 Å². The number of pyridine rings is 1. The van der Waals surface area contributed by atoms with E-state index in [2.05, 4.69) is 24.0 Å². The first-order valence-electron chi connectivity index (χ1n) is 5.74. The van der Waals surface area contributed by atoms with Crippen molar-refractivity contribution in [2.45, 2.75) is 26.7 Å². The van der Waals surface area contributed by atoms with Crippen molar-refractivity contribution in [3.8, 4) is 5.88 Å². The van der Waals surface area contributed by atoms with Crippen LogP contribution in [0.3, 0.4) is 0 Å². The lowest BCUT2D eigenvalue weighted by molar-refractivity contribution is 0.242. The highest BCUT2D eigenvalue weighted by atomic mass is 16.5. The average Bonchev–Trinajstić information content (AvgIpc) is 2.36. The third kappa shape index (κ3) is 3.94. The first-order valence-corrected chi connectivity index (χ1v) is 5.74. The second-order valence-electron chi connectivity index (χ2n) is 4.05. The summed E-state index contributed by atoms with van der Waals surface area (Å²) >= 11 is 0. The van der Waals surface area contributed by atoms with E-state index < -0.39 is 0 Å². The highest BCUT2D eigenvalue weighted by molar-refractivity contribution is 5.98. The summed E-state index contributed by atoms with van der Waals surface area (Å²) in [5.41, 5.74) is 6.05. The van der Waals surface area contributed by atoms with E-state index in [0.717, 1.165) is 12.8 Å². The minimum absolute atomic E-state index is 0.0104. The summed E-state index contributed by atoms with van der Waals surface area (Å²) in [6.45, 7) is 4.84. The van der Waals surface area contributed by atoms with Gasteiger partial charge in [-0.3, -0.25) is 0 Å². The number of hydrogen-bond donors (Lipinski definition) is 2. The van der Waals surface area contributed by atoms with Crippen LogP contribution in [-0.4, -0.2) is 22.6 Å². The third-order valence-corrected chi connectivity index (χ3v) is 2.44. The molecule has 0 saturated heterocycles. The van der Waals surface area contributed by atoms with Crippen molar-refractivity contribution in [3.63, 3.8) is 0 Å². The maximum Gasteiger partial charge on any atom is 0.224 e. The molecular weight excluding hydrogens is 218 g/mol. The lowest BCUT2D eigenvalue weighted by Crippen LogP contribution is -2.17. The van der Waals surface area contributed by atoms with E-state index in [0.29, 0.717) is 24.0 Å². The first kappa shape index (κ1) is 13.3. The van der Waals surface area contributed by atoms with Crippen molar-refractivity contribution < 1.29 is 9.94 Å². The molecule has 3 N–H and O–H groups in total. The predicted molar refractivity (Wildman–Crippen MR) is 66.3 cm³/mol. The molecule has 0 spiro atoms. The van der Waals surface area contributed by atoms with Crippen molar-refractivity contribution in [1.82, 2.24) is 4.98 Å². The van der Waals surface area contributed by atoms with Crippen LogP contribution in [0.2, 0.25) is 0 Å². The van der Waals surface area contributed by atoms with Crippen LogP contribution in [0.15, 0.2) is 23.5 Å². The molecule has 1 rings (SSSR count). The van der Waals surface area contributed by atoms with Crippen LogP contribution >= 0.6 is 0 Å². The first-order chi connectivity index (χ1) is 8.19. The van der Waals surface area contributed by atoms with Crippen LogP contribution in [0, 0.1) is 5.92 Å². The SMILES string of the molecule is CCCC(C)COc1ncccc1/C(N)=N/O. The Balaban J connectivity index is 2.71. The van der Waals surface area contributed by atoms with Gasteiger partial charge in [-0.15, -0.1) is 0 Å². The molecule has 0 aromatic carbocycles. The fourth-order valence-corrected chi connectivity index (χ4v) is 1.55. The van der Waals surface area contributed by atoms with E-state index in [9.17, 15) is 0 Å². The molecule has 1 aromatic heterocycles. The van der Waals surface area contributed by atoms with Crippen molar-refractivity contribution >= 4 is 5.84 Å². The van der Waals surface area contributed by atoms with Gasteiger partial charge in [-0.05, 0) is 24.5 Å². The summed E-state index contributed by atoms with van der Waals surface area (Å²) in [7, 11) is 0. The number of oxime groups is 1. The van der Waals surface area contributed by atoms with Gasteiger partial charge in [0.05, 0.1) is 12.2 Å². The summed E-state index contributed by atoms with van der Waals surface area (Å²) in [6.07, 6.45) is 3.85. The summed E-state index contributed by atoms with van der Waals surface area (Å²) in [4.78, 5) is 4.09. The zero-order valence-corrected chi connectivity index (χ0v) is 10.3. The number of rotatable bonds is 6. The molecule has 0 saturated carbocycles. The molecule has 0 aliphatic heterocycles. The molecule has 17 heavy (non-hydrogen) atoms. The maximum absolute atomic E-state index is 8.65. The summed E-state index contributed by atoms with van der Waals surface area (Å²) in [5, 5.41) is 11.6. The fraction of sp³-hybridized carbons (Fsp3) is 0.500. The minimum atomic E-state index is 0.0104. The zero-order valence-electron chi connectivity index (χ0n) is 10.3. The van der Waals surface area contributed by atoms with Gasteiger partial charge in [0.1, 0.15) is 0 Å². The number of nitrogens with zero attached hydrogens (tertiary/aromatic N) is 2. The standard InChI is InChI=1S/C12H19N3O2/c1-3-5-9(2)8-17-12-10(11(13)15-16)6-4-7-14-12/h4,6-7,9,16H,3,5,8H2,1-2H3,(H2,13,15). The van der Waals surface area contributed by atoms with Crippen molar-refractivity contribution in [2.24, 2.45) is 16.8 Å². The number of amidine groups is 1. The Morgan fingerprint density at radius 1 is 1.65 bits per heavy atom. The van der Waals surface area contributed by atoms with E-state index in [1.807, 2.05) is 0 Å². The highest BCUT2D eigenvalue weighted by Crippen LogP contribution is 2.15. The molecule has 1 atom stereocenters. The normalized spacial score (nSPS) is 13.4. The van der Waals surface area contributed by atoms with Gasteiger partial charge in [-0.2, -0.15) is 0 Å². The predicted octanol–water partition coefficient (Wildman–Crippen LogP) is 1.99. The van der Waals surface area contributed by atoms with Crippen LogP contribution in [0.5, 0.6) is 5.88 Å². The van der Waals surface area contributed by atoms with Gasteiger partial charge in [-0.1, -0.05) is 25.4 Å².